The van der Waals surface area contributed by atoms with E-state index < -0.39 is 12.0 Å². The Balaban J connectivity index is 2.26. The van der Waals surface area contributed by atoms with Gasteiger partial charge in [-0.1, -0.05) is 62.6 Å². The Morgan fingerprint density at radius 3 is 2.59 bits per heavy atom. The van der Waals surface area contributed by atoms with Crippen LogP contribution in [-0.4, -0.2) is 23.7 Å². The zero-order chi connectivity index (χ0) is 16.3. The number of ether oxygens (including phenoxy) is 1. The SMILES string of the molecule is CCCCCC/C=C\C(F)(F)C(O)COCc1ccccc1. The Kier molecular flexibility index (Phi) is 8.94. The van der Waals surface area contributed by atoms with Crippen molar-refractivity contribution in [2.75, 3.05) is 6.61 Å². The molecule has 0 aliphatic carbocycles. The van der Waals surface area contributed by atoms with Crippen LogP contribution >= 0.6 is 0 Å². The quantitative estimate of drug-likeness (QED) is 0.473. The van der Waals surface area contributed by atoms with E-state index in [2.05, 4.69) is 6.92 Å². The second kappa shape index (κ2) is 10.5. The largest absolute Gasteiger partial charge is 0.384 e. The van der Waals surface area contributed by atoms with Crippen LogP contribution in [0.5, 0.6) is 0 Å². The summed E-state index contributed by atoms with van der Waals surface area (Å²) < 4.78 is 32.6. The van der Waals surface area contributed by atoms with E-state index in [1.165, 1.54) is 6.08 Å². The monoisotopic (exact) mass is 312 g/mol. The third-order valence-electron chi connectivity index (χ3n) is 3.40. The average Bonchev–Trinajstić information content (AvgIpc) is 2.51. The van der Waals surface area contributed by atoms with Crippen LogP contribution in [0.15, 0.2) is 42.5 Å². The average molecular weight is 312 g/mol. The lowest BCUT2D eigenvalue weighted by atomic mass is 10.1. The Morgan fingerprint density at radius 2 is 1.91 bits per heavy atom. The van der Waals surface area contributed by atoms with E-state index >= 15 is 0 Å². The van der Waals surface area contributed by atoms with Crippen molar-refractivity contribution < 1.29 is 18.6 Å². The van der Waals surface area contributed by atoms with Gasteiger partial charge in [-0.05, 0) is 24.5 Å². The lowest BCUT2D eigenvalue weighted by Gasteiger charge is -2.19. The van der Waals surface area contributed by atoms with Crippen LogP contribution < -0.4 is 0 Å². The van der Waals surface area contributed by atoms with Gasteiger partial charge in [-0.2, -0.15) is 8.78 Å². The molecular formula is C18H26F2O2. The summed E-state index contributed by atoms with van der Waals surface area (Å²) in [5, 5.41) is 9.57. The minimum atomic E-state index is -3.25. The van der Waals surface area contributed by atoms with E-state index in [-0.39, 0.29) is 13.2 Å². The Morgan fingerprint density at radius 1 is 1.18 bits per heavy atom. The van der Waals surface area contributed by atoms with E-state index in [9.17, 15) is 13.9 Å². The standard InChI is InChI=1S/C18H26F2O2/c1-2-3-4-5-6-10-13-18(19,20)17(21)15-22-14-16-11-8-7-9-12-16/h7-13,17,21H,2-6,14-15H2,1H3/b13-10-. The van der Waals surface area contributed by atoms with E-state index in [0.717, 1.165) is 37.3 Å². The molecule has 1 aromatic carbocycles. The molecule has 1 rings (SSSR count). The number of hydrogen-bond acceptors (Lipinski definition) is 2. The number of alkyl halides is 2. The van der Waals surface area contributed by atoms with E-state index in [1.54, 1.807) is 0 Å². The van der Waals surface area contributed by atoms with Gasteiger partial charge in [0, 0.05) is 0 Å². The first-order valence-electron chi connectivity index (χ1n) is 7.91. The van der Waals surface area contributed by atoms with Gasteiger partial charge in [-0.25, -0.2) is 0 Å². The normalized spacial score (nSPS) is 13.6. The van der Waals surface area contributed by atoms with Crippen molar-refractivity contribution in [3.05, 3.63) is 48.0 Å². The highest BCUT2D eigenvalue weighted by atomic mass is 19.3. The molecule has 0 radical (unpaired) electrons. The lowest BCUT2D eigenvalue weighted by Crippen LogP contribution is -2.35. The molecule has 0 aromatic heterocycles. The second-order valence-corrected chi connectivity index (χ2v) is 5.44. The van der Waals surface area contributed by atoms with Crippen molar-refractivity contribution in [1.29, 1.82) is 0 Å². The maximum atomic E-state index is 13.7. The summed E-state index contributed by atoms with van der Waals surface area (Å²) in [6.45, 7) is 1.94. The second-order valence-electron chi connectivity index (χ2n) is 5.44. The molecule has 0 saturated heterocycles. The molecular weight excluding hydrogens is 286 g/mol. The van der Waals surface area contributed by atoms with Crippen LogP contribution in [0.4, 0.5) is 8.78 Å². The molecule has 4 heteroatoms. The number of benzene rings is 1. The molecule has 0 spiro atoms. The highest BCUT2D eigenvalue weighted by molar-refractivity contribution is 5.13. The van der Waals surface area contributed by atoms with Gasteiger partial charge in [0.1, 0.15) is 6.10 Å². The van der Waals surface area contributed by atoms with Crippen LogP contribution in [0, 0.1) is 0 Å². The molecule has 1 unspecified atom stereocenters. The first-order valence-corrected chi connectivity index (χ1v) is 7.91. The Labute approximate surface area is 131 Å². The van der Waals surface area contributed by atoms with Crippen LogP contribution in [-0.2, 0) is 11.3 Å². The van der Waals surface area contributed by atoms with E-state index in [0.29, 0.717) is 6.42 Å². The van der Waals surface area contributed by atoms with Gasteiger partial charge in [0.05, 0.1) is 13.2 Å². The van der Waals surface area contributed by atoms with Gasteiger partial charge in [-0.3, -0.25) is 0 Å². The molecule has 22 heavy (non-hydrogen) atoms. The van der Waals surface area contributed by atoms with Crippen molar-refractivity contribution in [2.45, 2.75) is 57.7 Å². The first kappa shape index (κ1) is 18.8. The molecule has 0 heterocycles. The first-order chi connectivity index (χ1) is 10.6. The van der Waals surface area contributed by atoms with Crippen LogP contribution in [0.1, 0.15) is 44.6 Å². The van der Waals surface area contributed by atoms with Gasteiger partial charge < -0.3 is 9.84 Å². The highest BCUT2D eigenvalue weighted by Gasteiger charge is 2.35. The molecule has 1 atom stereocenters. The Hall–Kier alpha value is -1.26. The minimum absolute atomic E-state index is 0.217. The predicted molar refractivity (Wildman–Crippen MR) is 85.0 cm³/mol. The molecule has 0 amide bonds. The van der Waals surface area contributed by atoms with E-state index in [4.69, 9.17) is 4.74 Å². The fourth-order valence-electron chi connectivity index (χ4n) is 2.01. The number of hydrogen-bond donors (Lipinski definition) is 1. The predicted octanol–water partition coefficient (Wildman–Crippen LogP) is 4.73. The number of unbranched alkanes of at least 4 members (excludes halogenated alkanes) is 4. The summed E-state index contributed by atoms with van der Waals surface area (Å²) in [4.78, 5) is 0. The zero-order valence-electron chi connectivity index (χ0n) is 13.2. The van der Waals surface area contributed by atoms with Gasteiger partial charge >= 0.3 is 0 Å². The van der Waals surface area contributed by atoms with Crippen molar-refractivity contribution in [1.82, 2.24) is 0 Å². The van der Waals surface area contributed by atoms with Crippen LogP contribution in [0.3, 0.4) is 0 Å². The highest BCUT2D eigenvalue weighted by Crippen LogP contribution is 2.22. The summed E-state index contributed by atoms with van der Waals surface area (Å²) in [5.74, 6) is -3.25. The smallest absolute Gasteiger partial charge is 0.294 e. The third kappa shape index (κ3) is 7.66. The Bertz CT molecular complexity index is 418. The number of halogens is 2. The maximum absolute atomic E-state index is 13.7. The van der Waals surface area contributed by atoms with Gasteiger partial charge in [-0.15, -0.1) is 0 Å². The molecule has 124 valence electrons. The van der Waals surface area contributed by atoms with Gasteiger partial charge in [0.2, 0.25) is 0 Å². The summed E-state index contributed by atoms with van der Waals surface area (Å²) in [5.41, 5.74) is 0.893. The summed E-state index contributed by atoms with van der Waals surface area (Å²) in [7, 11) is 0. The van der Waals surface area contributed by atoms with Crippen LogP contribution in [0.2, 0.25) is 0 Å². The molecule has 0 fully saturated rings. The molecule has 0 aliphatic rings. The number of rotatable bonds is 11. The minimum Gasteiger partial charge on any atom is -0.384 e. The molecule has 0 bridgehead atoms. The molecule has 1 aromatic rings. The van der Waals surface area contributed by atoms with Crippen molar-refractivity contribution in [3.8, 4) is 0 Å². The molecule has 0 saturated carbocycles. The number of allylic oxidation sites excluding steroid dienone is 1. The number of aliphatic hydroxyl groups excluding tert-OH is 1. The fraction of sp³-hybridized carbons (Fsp3) is 0.556. The fourth-order valence-corrected chi connectivity index (χ4v) is 2.01. The van der Waals surface area contributed by atoms with Gasteiger partial charge in [0.15, 0.2) is 0 Å². The topological polar surface area (TPSA) is 29.5 Å². The van der Waals surface area contributed by atoms with Crippen molar-refractivity contribution in [3.63, 3.8) is 0 Å². The lowest BCUT2D eigenvalue weighted by molar-refractivity contribution is -0.105. The summed E-state index contributed by atoms with van der Waals surface area (Å²) >= 11 is 0. The van der Waals surface area contributed by atoms with E-state index in [1.807, 2.05) is 30.3 Å². The maximum Gasteiger partial charge on any atom is 0.294 e. The van der Waals surface area contributed by atoms with Crippen molar-refractivity contribution in [2.24, 2.45) is 0 Å². The molecule has 1 N–H and O–H groups in total. The summed E-state index contributed by atoms with van der Waals surface area (Å²) in [6.07, 6.45) is 5.26. The van der Waals surface area contributed by atoms with Crippen LogP contribution in [0.25, 0.3) is 0 Å². The third-order valence-corrected chi connectivity index (χ3v) is 3.40. The molecule has 2 nitrogen and oxygen atoms in total. The summed E-state index contributed by atoms with van der Waals surface area (Å²) in [6, 6.07) is 9.27. The number of aliphatic hydroxyl groups is 1. The van der Waals surface area contributed by atoms with Gasteiger partial charge in [0.25, 0.3) is 5.92 Å². The molecule has 0 aliphatic heterocycles. The van der Waals surface area contributed by atoms with Crippen molar-refractivity contribution >= 4 is 0 Å². The zero-order valence-corrected chi connectivity index (χ0v) is 13.2.